The molecule has 7 heteroatoms. The molecule has 0 radical (unpaired) electrons. The van der Waals surface area contributed by atoms with Crippen molar-refractivity contribution >= 4 is 40.9 Å². The van der Waals surface area contributed by atoms with E-state index in [-0.39, 0.29) is 0 Å². The van der Waals surface area contributed by atoms with Crippen LogP contribution in [0.5, 0.6) is 0 Å². The summed E-state index contributed by atoms with van der Waals surface area (Å²) in [6.45, 7) is 2.27. The maximum Gasteiger partial charge on any atom is 0.409 e. The summed E-state index contributed by atoms with van der Waals surface area (Å²) >= 11 is 16.7. The van der Waals surface area contributed by atoms with Gasteiger partial charge in [-0.1, -0.05) is 41.7 Å². The molecule has 0 bridgehead atoms. The van der Waals surface area contributed by atoms with Crippen LogP contribution in [0.1, 0.15) is 13.3 Å². The number of carbonyl (C=O) groups excluding carboxylic acids is 1. The number of carbonyl (C=O) groups is 1. The highest BCUT2D eigenvalue weighted by Crippen LogP contribution is 2.31. The summed E-state index contributed by atoms with van der Waals surface area (Å²) in [7, 11) is 1.21. The Morgan fingerprint density at radius 1 is 1.50 bits per heavy atom. The zero-order chi connectivity index (χ0) is 11.2. The van der Waals surface area contributed by atoms with Crippen LogP contribution in [-0.4, -0.2) is 29.8 Å². The Kier molecular flexibility index (Phi) is 6.61. The highest BCUT2D eigenvalue weighted by atomic mass is 35.6. The number of alkyl carbamates (subject to hydrolysis) is 1. The predicted octanol–water partition coefficient (Wildman–Crippen LogP) is 2.47. The van der Waals surface area contributed by atoms with Crippen molar-refractivity contribution in [3.63, 3.8) is 0 Å². The van der Waals surface area contributed by atoms with Gasteiger partial charge in [0.05, 0.1) is 7.11 Å². The van der Waals surface area contributed by atoms with Gasteiger partial charge < -0.3 is 9.47 Å². The average molecular weight is 265 g/mol. The van der Waals surface area contributed by atoms with Gasteiger partial charge >= 0.3 is 6.09 Å². The number of halogens is 3. The van der Waals surface area contributed by atoms with E-state index >= 15 is 0 Å². The molecular formula is C7H12Cl3NO3. The second-order valence-electron chi connectivity index (χ2n) is 2.43. The first kappa shape index (κ1) is 14.1. The fraction of sp³-hybridized carbons (Fsp3) is 0.857. The first-order valence-corrected chi connectivity index (χ1v) is 5.08. The van der Waals surface area contributed by atoms with Crippen LogP contribution >= 0.6 is 34.8 Å². The van der Waals surface area contributed by atoms with Crippen LogP contribution in [0.25, 0.3) is 0 Å². The molecule has 14 heavy (non-hydrogen) atoms. The molecular weight excluding hydrogens is 252 g/mol. The number of hydrogen-bond acceptors (Lipinski definition) is 3. The summed E-state index contributed by atoms with van der Waals surface area (Å²) in [6, 6.07) is 0. The molecule has 0 aromatic carbocycles. The Bertz CT molecular complexity index is 184. The molecule has 84 valence electrons. The van der Waals surface area contributed by atoms with E-state index in [0.29, 0.717) is 6.61 Å². The van der Waals surface area contributed by atoms with E-state index in [0.717, 1.165) is 6.42 Å². The Morgan fingerprint density at radius 2 is 2.07 bits per heavy atom. The molecule has 0 aliphatic carbocycles. The van der Waals surface area contributed by atoms with Crippen LogP contribution in [-0.2, 0) is 9.47 Å². The van der Waals surface area contributed by atoms with Gasteiger partial charge in [-0.3, -0.25) is 5.32 Å². The summed E-state index contributed by atoms with van der Waals surface area (Å²) in [4.78, 5) is 10.8. The molecule has 0 aromatic heterocycles. The minimum atomic E-state index is -1.72. The molecule has 0 saturated heterocycles. The number of methoxy groups -OCH3 is 1. The standard InChI is InChI=1S/C7H12Cl3NO3/c1-3-4-14-5(7(8,9)10)11-6(12)13-2/h5H,3-4H2,1-2H3,(H,11,12). The summed E-state index contributed by atoms with van der Waals surface area (Å²) in [5.74, 6) is 0. The summed E-state index contributed by atoms with van der Waals surface area (Å²) in [6.07, 6.45) is -0.975. The van der Waals surface area contributed by atoms with Gasteiger partial charge in [0.1, 0.15) is 0 Å². The van der Waals surface area contributed by atoms with Crippen molar-refractivity contribution < 1.29 is 14.3 Å². The fourth-order valence-corrected chi connectivity index (χ4v) is 0.972. The van der Waals surface area contributed by atoms with E-state index in [1.54, 1.807) is 0 Å². The van der Waals surface area contributed by atoms with E-state index in [9.17, 15) is 4.79 Å². The number of rotatable bonds is 4. The molecule has 1 N–H and O–H groups in total. The lowest BCUT2D eigenvalue weighted by molar-refractivity contribution is 0.0316. The molecule has 4 nitrogen and oxygen atoms in total. The first-order valence-electron chi connectivity index (χ1n) is 3.94. The molecule has 0 saturated carbocycles. The second kappa shape index (κ2) is 6.56. The van der Waals surface area contributed by atoms with E-state index in [1.807, 2.05) is 6.92 Å². The molecule has 0 aliphatic heterocycles. The number of ether oxygens (including phenoxy) is 2. The van der Waals surface area contributed by atoms with Crippen LogP contribution in [0.2, 0.25) is 0 Å². The normalized spacial score (nSPS) is 13.5. The van der Waals surface area contributed by atoms with Gasteiger partial charge in [-0.05, 0) is 6.42 Å². The lowest BCUT2D eigenvalue weighted by atomic mass is 10.5. The zero-order valence-corrected chi connectivity index (χ0v) is 10.1. The molecule has 0 aromatic rings. The molecule has 1 unspecified atom stereocenters. The SMILES string of the molecule is CCCOC(NC(=O)OC)C(Cl)(Cl)Cl. The summed E-state index contributed by atoms with van der Waals surface area (Å²) < 4.78 is 7.75. The molecule has 1 atom stereocenters. The van der Waals surface area contributed by atoms with Crippen molar-refractivity contribution in [3.05, 3.63) is 0 Å². The highest BCUT2D eigenvalue weighted by molar-refractivity contribution is 6.68. The lowest BCUT2D eigenvalue weighted by Crippen LogP contribution is -2.45. The number of alkyl halides is 3. The van der Waals surface area contributed by atoms with Crippen LogP contribution in [0, 0.1) is 0 Å². The molecule has 0 aliphatic rings. The summed E-state index contributed by atoms with van der Waals surface area (Å²) in [5.41, 5.74) is 0. The van der Waals surface area contributed by atoms with Crippen molar-refractivity contribution in [2.24, 2.45) is 0 Å². The minimum Gasteiger partial charge on any atom is -0.453 e. The van der Waals surface area contributed by atoms with E-state index in [4.69, 9.17) is 39.5 Å². The van der Waals surface area contributed by atoms with Crippen LogP contribution in [0.15, 0.2) is 0 Å². The van der Waals surface area contributed by atoms with Gasteiger partial charge in [0.15, 0.2) is 6.23 Å². The first-order chi connectivity index (χ1) is 6.41. The molecule has 0 rings (SSSR count). The van der Waals surface area contributed by atoms with Crippen molar-refractivity contribution in [3.8, 4) is 0 Å². The fourth-order valence-electron chi connectivity index (χ4n) is 0.620. The third-order valence-electron chi connectivity index (χ3n) is 1.22. The smallest absolute Gasteiger partial charge is 0.409 e. The highest BCUT2D eigenvalue weighted by Gasteiger charge is 2.35. The summed E-state index contributed by atoms with van der Waals surface area (Å²) in [5, 5.41) is 2.26. The van der Waals surface area contributed by atoms with Crippen molar-refractivity contribution in [2.75, 3.05) is 13.7 Å². The Hall–Kier alpha value is 0.1000. The van der Waals surface area contributed by atoms with E-state index in [2.05, 4.69) is 10.1 Å². The van der Waals surface area contributed by atoms with E-state index in [1.165, 1.54) is 7.11 Å². The molecule has 0 spiro atoms. The zero-order valence-electron chi connectivity index (χ0n) is 7.85. The Labute approximate surface area is 97.8 Å². The minimum absolute atomic E-state index is 0.378. The van der Waals surface area contributed by atoms with Crippen LogP contribution < -0.4 is 5.32 Å². The van der Waals surface area contributed by atoms with E-state index < -0.39 is 16.1 Å². The van der Waals surface area contributed by atoms with Gasteiger partial charge in [-0.2, -0.15) is 0 Å². The van der Waals surface area contributed by atoms with Crippen LogP contribution in [0.3, 0.4) is 0 Å². The second-order valence-corrected chi connectivity index (χ2v) is 4.80. The average Bonchev–Trinajstić information content (AvgIpc) is 2.09. The third-order valence-corrected chi connectivity index (χ3v) is 1.81. The Morgan fingerprint density at radius 3 is 2.43 bits per heavy atom. The largest absolute Gasteiger partial charge is 0.453 e. The third kappa shape index (κ3) is 5.75. The van der Waals surface area contributed by atoms with Gasteiger partial charge in [0, 0.05) is 6.61 Å². The topological polar surface area (TPSA) is 47.6 Å². The molecule has 0 fully saturated rings. The quantitative estimate of drug-likeness (QED) is 0.627. The van der Waals surface area contributed by atoms with Crippen molar-refractivity contribution in [1.29, 1.82) is 0 Å². The van der Waals surface area contributed by atoms with Gasteiger partial charge in [0.2, 0.25) is 3.79 Å². The monoisotopic (exact) mass is 263 g/mol. The molecule has 1 amide bonds. The van der Waals surface area contributed by atoms with Crippen LogP contribution in [0.4, 0.5) is 4.79 Å². The maximum absolute atomic E-state index is 10.8. The Balaban J connectivity index is 4.18. The van der Waals surface area contributed by atoms with Crippen molar-refractivity contribution in [2.45, 2.75) is 23.4 Å². The maximum atomic E-state index is 10.8. The number of nitrogens with one attached hydrogen (secondary N) is 1. The number of hydrogen-bond donors (Lipinski definition) is 1. The number of amides is 1. The predicted molar refractivity (Wildman–Crippen MR) is 55.9 cm³/mol. The lowest BCUT2D eigenvalue weighted by Gasteiger charge is -2.24. The van der Waals surface area contributed by atoms with Gasteiger partial charge in [0.25, 0.3) is 0 Å². The van der Waals surface area contributed by atoms with Gasteiger partial charge in [-0.25, -0.2) is 4.79 Å². The van der Waals surface area contributed by atoms with Gasteiger partial charge in [-0.15, -0.1) is 0 Å². The van der Waals surface area contributed by atoms with Crippen molar-refractivity contribution in [1.82, 2.24) is 5.32 Å². The molecule has 0 heterocycles.